The molecular formula is C15H20ClN3O. The van der Waals surface area contributed by atoms with Crippen molar-refractivity contribution in [2.75, 3.05) is 26.2 Å². The summed E-state index contributed by atoms with van der Waals surface area (Å²) in [7, 11) is 0. The lowest BCUT2D eigenvalue weighted by Gasteiger charge is -2.17. The highest BCUT2D eigenvalue weighted by atomic mass is 35.5. The zero-order valence-corrected chi connectivity index (χ0v) is 12.2. The van der Waals surface area contributed by atoms with Gasteiger partial charge in [0.25, 0.3) is 0 Å². The summed E-state index contributed by atoms with van der Waals surface area (Å²) in [6.07, 6.45) is 2.98. The van der Waals surface area contributed by atoms with Gasteiger partial charge < -0.3 is 9.73 Å². The lowest BCUT2D eigenvalue weighted by molar-refractivity contribution is 0.281. The topological polar surface area (TPSA) is 41.3 Å². The van der Waals surface area contributed by atoms with E-state index in [0.29, 0.717) is 5.89 Å². The van der Waals surface area contributed by atoms with Gasteiger partial charge in [0, 0.05) is 25.2 Å². The minimum absolute atomic E-state index is 0. The van der Waals surface area contributed by atoms with Crippen LogP contribution >= 0.6 is 12.4 Å². The fraction of sp³-hybridized carbons (Fsp3) is 0.400. The molecule has 1 aliphatic heterocycles. The average Bonchev–Trinajstić information content (AvgIpc) is 2.76. The fourth-order valence-corrected chi connectivity index (χ4v) is 2.38. The predicted molar refractivity (Wildman–Crippen MR) is 82.0 cm³/mol. The Morgan fingerprint density at radius 1 is 1.15 bits per heavy atom. The van der Waals surface area contributed by atoms with Crippen LogP contribution in [0.5, 0.6) is 0 Å². The molecule has 3 rings (SSSR count). The Morgan fingerprint density at radius 3 is 2.85 bits per heavy atom. The van der Waals surface area contributed by atoms with Crippen LogP contribution in [-0.4, -0.2) is 36.1 Å². The van der Waals surface area contributed by atoms with E-state index in [4.69, 9.17) is 4.42 Å². The van der Waals surface area contributed by atoms with Gasteiger partial charge >= 0.3 is 0 Å². The summed E-state index contributed by atoms with van der Waals surface area (Å²) in [6, 6.07) is 10.0. The molecule has 1 aromatic heterocycles. The molecule has 0 aliphatic carbocycles. The van der Waals surface area contributed by atoms with Gasteiger partial charge in [-0.05, 0) is 31.6 Å². The SMILES string of the molecule is Cl.c1ccc(-c2nc(CN3CCCNCC3)co2)cc1. The summed E-state index contributed by atoms with van der Waals surface area (Å²) in [5, 5.41) is 3.41. The molecule has 5 heteroatoms. The van der Waals surface area contributed by atoms with Crippen LogP contribution in [0.4, 0.5) is 0 Å². The van der Waals surface area contributed by atoms with Crippen LogP contribution in [-0.2, 0) is 6.54 Å². The number of halogens is 1. The number of rotatable bonds is 3. The zero-order valence-electron chi connectivity index (χ0n) is 11.4. The third kappa shape index (κ3) is 3.82. The molecule has 2 heterocycles. The summed E-state index contributed by atoms with van der Waals surface area (Å²) < 4.78 is 5.57. The highest BCUT2D eigenvalue weighted by Gasteiger charge is 2.12. The normalized spacial score (nSPS) is 16.4. The summed E-state index contributed by atoms with van der Waals surface area (Å²) >= 11 is 0. The summed E-state index contributed by atoms with van der Waals surface area (Å²) in [5.41, 5.74) is 2.05. The van der Waals surface area contributed by atoms with Crippen LogP contribution in [0.2, 0.25) is 0 Å². The Morgan fingerprint density at radius 2 is 2.00 bits per heavy atom. The Labute approximate surface area is 125 Å². The Kier molecular flexibility index (Phi) is 5.59. The summed E-state index contributed by atoms with van der Waals surface area (Å²) in [4.78, 5) is 7.00. The number of nitrogens with one attached hydrogen (secondary N) is 1. The van der Waals surface area contributed by atoms with Gasteiger partial charge in [-0.1, -0.05) is 18.2 Å². The molecule has 108 valence electrons. The van der Waals surface area contributed by atoms with Crippen molar-refractivity contribution >= 4 is 12.4 Å². The van der Waals surface area contributed by atoms with Crippen molar-refractivity contribution in [3.05, 3.63) is 42.3 Å². The first kappa shape index (κ1) is 15.0. The molecule has 20 heavy (non-hydrogen) atoms. The molecule has 0 bridgehead atoms. The number of hydrogen-bond donors (Lipinski definition) is 1. The molecule has 4 nitrogen and oxygen atoms in total. The number of oxazole rings is 1. The zero-order chi connectivity index (χ0) is 12.9. The lowest BCUT2D eigenvalue weighted by atomic mass is 10.2. The molecule has 0 unspecified atom stereocenters. The van der Waals surface area contributed by atoms with E-state index in [-0.39, 0.29) is 12.4 Å². The van der Waals surface area contributed by atoms with Gasteiger partial charge in [0.1, 0.15) is 6.26 Å². The van der Waals surface area contributed by atoms with Crippen LogP contribution in [0.1, 0.15) is 12.1 Å². The first-order valence-electron chi connectivity index (χ1n) is 6.85. The van der Waals surface area contributed by atoms with Crippen LogP contribution < -0.4 is 5.32 Å². The maximum atomic E-state index is 5.57. The maximum absolute atomic E-state index is 5.57. The third-order valence-electron chi connectivity index (χ3n) is 3.39. The number of hydrogen-bond acceptors (Lipinski definition) is 4. The van der Waals surface area contributed by atoms with Gasteiger partial charge in [-0.2, -0.15) is 0 Å². The van der Waals surface area contributed by atoms with Crippen LogP contribution in [0.25, 0.3) is 11.5 Å². The minimum atomic E-state index is 0. The lowest BCUT2D eigenvalue weighted by Crippen LogP contribution is -2.27. The first-order chi connectivity index (χ1) is 9.42. The molecule has 2 aromatic rings. The van der Waals surface area contributed by atoms with E-state index in [9.17, 15) is 0 Å². The largest absolute Gasteiger partial charge is 0.444 e. The van der Waals surface area contributed by atoms with Crippen molar-refractivity contribution in [3.63, 3.8) is 0 Å². The van der Waals surface area contributed by atoms with Gasteiger partial charge in [0.2, 0.25) is 5.89 Å². The second-order valence-electron chi connectivity index (χ2n) is 4.89. The van der Waals surface area contributed by atoms with Crippen molar-refractivity contribution in [2.24, 2.45) is 0 Å². The Balaban J connectivity index is 0.00000147. The predicted octanol–water partition coefficient (Wildman–Crippen LogP) is 2.56. The van der Waals surface area contributed by atoms with E-state index < -0.39 is 0 Å². The highest BCUT2D eigenvalue weighted by Crippen LogP contribution is 2.18. The second kappa shape index (κ2) is 7.43. The molecule has 0 saturated carbocycles. The van der Waals surface area contributed by atoms with Crippen LogP contribution in [0.15, 0.2) is 41.0 Å². The number of benzene rings is 1. The monoisotopic (exact) mass is 293 g/mol. The first-order valence-corrected chi connectivity index (χ1v) is 6.85. The van der Waals surface area contributed by atoms with Crippen molar-refractivity contribution < 1.29 is 4.42 Å². The summed E-state index contributed by atoms with van der Waals surface area (Å²) in [6.45, 7) is 5.25. The smallest absolute Gasteiger partial charge is 0.226 e. The van der Waals surface area contributed by atoms with Crippen molar-refractivity contribution in [1.29, 1.82) is 0 Å². The van der Waals surface area contributed by atoms with Crippen LogP contribution in [0.3, 0.4) is 0 Å². The van der Waals surface area contributed by atoms with E-state index >= 15 is 0 Å². The average molecular weight is 294 g/mol. The third-order valence-corrected chi connectivity index (χ3v) is 3.39. The van der Waals surface area contributed by atoms with Crippen molar-refractivity contribution in [1.82, 2.24) is 15.2 Å². The molecule has 1 N–H and O–H groups in total. The molecule has 1 aromatic carbocycles. The molecule has 1 fully saturated rings. The maximum Gasteiger partial charge on any atom is 0.226 e. The Bertz CT molecular complexity index is 507. The van der Waals surface area contributed by atoms with E-state index in [0.717, 1.165) is 44.0 Å². The van der Waals surface area contributed by atoms with E-state index in [1.54, 1.807) is 6.26 Å². The van der Waals surface area contributed by atoms with E-state index in [2.05, 4.69) is 15.2 Å². The molecule has 0 amide bonds. The van der Waals surface area contributed by atoms with Gasteiger partial charge in [0.05, 0.1) is 5.69 Å². The highest BCUT2D eigenvalue weighted by molar-refractivity contribution is 5.85. The van der Waals surface area contributed by atoms with E-state index in [1.165, 1.54) is 6.42 Å². The van der Waals surface area contributed by atoms with Crippen LogP contribution in [0, 0.1) is 0 Å². The molecule has 0 radical (unpaired) electrons. The summed E-state index contributed by atoms with van der Waals surface area (Å²) in [5.74, 6) is 0.712. The number of aromatic nitrogens is 1. The van der Waals surface area contributed by atoms with Gasteiger partial charge in [-0.3, -0.25) is 4.90 Å². The number of nitrogens with zero attached hydrogens (tertiary/aromatic N) is 2. The molecular weight excluding hydrogens is 274 g/mol. The quantitative estimate of drug-likeness (QED) is 0.944. The minimum Gasteiger partial charge on any atom is -0.444 e. The fourth-order valence-electron chi connectivity index (χ4n) is 2.38. The standard InChI is InChI=1S/C15H19N3O.ClH/c1-2-5-13(6-3-1)15-17-14(12-19-15)11-18-9-4-7-16-8-10-18;/h1-3,5-6,12,16H,4,7-11H2;1H. The molecule has 1 aliphatic rings. The Hall–Kier alpha value is -1.36. The van der Waals surface area contributed by atoms with E-state index in [1.807, 2.05) is 30.3 Å². The van der Waals surface area contributed by atoms with Gasteiger partial charge in [0.15, 0.2) is 0 Å². The molecule has 1 saturated heterocycles. The molecule has 0 atom stereocenters. The molecule has 0 spiro atoms. The van der Waals surface area contributed by atoms with Gasteiger partial charge in [-0.25, -0.2) is 4.98 Å². The van der Waals surface area contributed by atoms with Gasteiger partial charge in [-0.15, -0.1) is 12.4 Å². The van der Waals surface area contributed by atoms with Crippen molar-refractivity contribution in [3.8, 4) is 11.5 Å². The van der Waals surface area contributed by atoms with Crippen molar-refractivity contribution in [2.45, 2.75) is 13.0 Å². The second-order valence-corrected chi connectivity index (χ2v) is 4.89.